The number of aryl methyl sites for hydroxylation is 1. The maximum absolute atomic E-state index is 12.8. The summed E-state index contributed by atoms with van der Waals surface area (Å²) in [5.41, 5.74) is -0.0244. The van der Waals surface area contributed by atoms with Crippen molar-refractivity contribution in [3.05, 3.63) is 47.9 Å². The third-order valence-corrected chi connectivity index (χ3v) is 2.61. The van der Waals surface area contributed by atoms with Gasteiger partial charge in [-0.05, 0) is 19.1 Å². The van der Waals surface area contributed by atoms with Gasteiger partial charge in [-0.3, -0.25) is 4.98 Å². The van der Waals surface area contributed by atoms with E-state index in [1.807, 2.05) is 0 Å². The Kier molecular flexibility index (Phi) is 4.62. The second kappa shape index (κ2) is 6.43. The summed E-state index contributed by atoms with van der Waals surface area (Å²) in [6.07, 6.45) is -1.27. The van der Waals surface area contributed by atoms with E-state index in [4.69, 9.17) is 4.74 Å². The van der Waals surface area contributed by atoms with Gasteiger partial charge in [-0.25, -0.2) is 4.98 Å². The van der Waals surface area contributed by atoms with Gasteiger partial charge in [0.15, 0.2) is 0 Å². The fourth-order valence-corrected chi connectivity index (χ4v) is 1.72. The molecule has 7 heteroatoms. The first-order valence-corrected chi connectivity index (χ1v) is 6.28. The van der Waals surface area contributed by atoms with Crippen molar-refractivity contribution in [2.24, 2.45) is 0 Å². The lowest BCUT2D eigenvalue weighted by molar-refractivity contribution is -0.138. The first-order chi connectivity index (χ1) is 9.97. The fraction of sp³-hybridized carbons (Fsp3) is 0.286. The Morgan fingerprint density at radius 1 is 1.19 bits per heavy atom. The molecule has 0 saturated heterocycles. The van der Waals surface area contributed by atoms with Crippen molar-refractivity contribution in [2.75, 3.05) is 18.5 Å². The highest BCUT2D eigenvalue weighted by Crippen LogP contribution is 2.35. The summed E-state index contributed by atoms with van der Waals surface area (Å²) in [5, 5.41) is 2.93. The lowest BCUT2D eigenvalue weighted by Gasteiger charge is -2.14. The van der Waals surface area contributed by atoms with Crippen LogP contribution < -0.4 is 10.1 Å². The molecule has 1 N–H and O–H groups in total. The van der Waals surface area contributed by atoms with Crippen LogP contribution in [0.2, 0.25) is 0 Å². The number of alkyl halides is 3. The van der Waals surface area contributed by atoms with Gasteiger partial charge in [0.2, 0.25) is 0 Å². The summed E-state index contributed by atoms with van der Waals surface area (Å²) >= 11 is 0. The van der Waals surface area contributed by atoms with Gasteiger partial charge < -0.3 is 10.1 Å². The van der Waals surface area contributed by atoms with E-state index in [2.05, 4.69) is 15.3 Å². The Labute approximate surface area is 120 Å². The first kappa shape index (κ1) is 15.1. The normalized spacial score (nSPS) is 11.2. The van der Waals surface area contributed by atoms with Gasteiger partial charge in [0, 0.05) is 6.20 Å². The van der Waals surface area contributed by atoms with Crippen molar-refractivity contribution in [1.82, 2.24) is 9.97 Å². The van der Waals surface area contributed by atoms with E-state index in [1.54, 1.807) is 13.1 Å². The number of aromatic nitrogens is 2. The SMILES string of the molecule is Cc1cncc(NCCOc2ccccc2C(F)(F)F)n1. The third-order valence-electron chi connectivity index (χ3n) is 2.61. The number of para-hydroxylation sites is 1. The van der Waals surface area contributed by atoms with Gasteiger partial charge in [0.1, 0.15) is 18.2 Å². The summed E-state index contributed by atoms with van der Waals surface area (Å²) in [6, 6.07) is 5.13. The largest absolute Gasteiger partial charge is 0.491 e. The third kappa shape index (κ3) is 4.34. The van der Waals surface area contributed by atoms with E-state index in [0.29, 0.717) is 12.4 Å². The fourth-order valence-electron chi connectivity index (χ4n) is 1.72. The Morgan fingerprint density at radius 2 is 1.95 bits per heavy atom. The zero-order chi connectivity index (χ0) is 15.3. The minimum Gasteiger partial charge on any atom is -0.491 e. The number of hydrogen-bond acceptors (Lipinski definition) is 4. The minimum absolute atomic E-state index is 0.0860. The minimum atomic E-state index is -4.42. The highest BCUT2D eigenvalue weighted by molar-refractivity contribution is 5.36. The molecule has 2 aromatic rings. The number of hydrogen-bond donors (Lipinski definition) is 1. The zero-order valence-corrected chi connectivity index (χ0v) is 11.3. The molecule has 1 heterocycles. The lowest BCUT2D eigenvalue weighted by atomic mass is 10.2. The molecule has 1 aromatic carbocycles. The van der Waals surface area contributed by atoms with Gasteiger partial charge in [0.25, 0.3) is 0 Å². The molecule has 4 nitrogen and oxygen atoms in total. The van der Waals surface area contributed by atoms with E-state index in [9.17, 15) is 13.2 Å². The van der Waals surface area contributed by atoms with Crippen LogP contribution in [0.3, 0.4) is 0 Å². The maximum atomic E-state index is 12.8. The van der Waals surface area contributed by atoms with Gasteiger partial charge >= 0.3 is 6.18 Å². The van der Waals surface area contributed by atoms with Crippen molar-refractivity contribution < 1.29 is 17.9 Å². The van der Waals surface area contributed by atoms with Crippen LogP contribution in [0.1, 0.15) is 11.3 Å². The summed E-state index contributed by atoms with van der Waals surface area (Å²) in [6.45, 7) is 2.21. The van der Waals surface area contributed by atoms with E-state index < -0.39 is 11.7 Å². The van der Waals surface area contributed by atoms with Gasteiger partial charge in [-0.1, -0.05) is 12.1 Å². The molecule has 0 atom stereocenters. The highest BCUT2D eigenvalue weighted by Gasteiger charge is 2.33. The monoisotopic (exact) mass is 297 g/mol. The van der Waals surface area contributed by atoms with Crippen LogP contribution in [0.5, 0.6) is 5.75 Å². The number of halogens is 3. The van der Waals surface area contributed by atoms with Crippen molar-refractivity contribution in [3.63, 3.8) is 0 Å². The summed E-state index contributed by atoms with van der Waals surface area (Å²) in [4.78, 5) is 8.12. The smallest absolute Gasteiger partial charge is 0.419 e. The predicted molar refractivity (Wildman–Crippen MR) is 72.2 cm³/mol. The van der Waals surface area contributed by atoms with Crippen molar-refractivity contribution in [3.8, 4) is 5.75 Å². The molecule has 21 heavy (non-hydrogen) atoms. The molecular formula is C14H14F3N3O. The summed E-state index contributed by atoms with van der Waals surface area (Å²) in [5.74, 6) is 0.379. The average molecular weight is 297 g/mol. The molecule has 0 radical (unpaired) electrons. The van der Waals surface area contributed by atoms with Gasteiger partial charge in [-0.2, -0.15) is 13.2 Å². The molecule has 0 spiro atoms. The van der Waals surface area contributed by atoms with Crippen LogP contribution in [-0.4, -0.2) is 23.1 Å². The Bertz CT molecular complexity index is 602. The van der Waals surface area contributed by atoms with Gasteiger partial charge in [-0.15, -0.1) is 0 Å². The van der Waals surface area contributed by atoms with Crippen LogP contribution >= 0.6 is 0 Å². The Hall–Kier alpha value is -2.31. The van der Waals surface area contributed by atoms with Crippen LogP contribution in [0.4, 0.5) is 19.0 Å². The average Bonchev–Trinajstić information content (AvgIpc) is 2.43. The molecule has 0 amide bonds. The van der Waals surface area contributed by atoms with Crippen molar-refractivity contribution in [2.45, 2.75) is 13.1 Å². The number of rotatable bonds is 5. The number of anilines is 1. The summed E-state index contributed by atoms with van der Waals surface area (Å²) in [7, 11) is 0. The molecule has 0 fully saturated rings. The zero-order valence-electron chi connectivity index (χ0n) is 11.3. The molecule has 0 bridgehead atoms. The van der Waals surface area contributed by atoms with Gasteiger partial charge in [0.05, 0.1) is 24.0 Å². The maximum Gasteiger partial charge on any atom is 0.419 e. The standard InChI is InChI=1S/C14H14F3N3O/c1-10-8-18-9-13(20-10)19-6-7-21-12-5-3-2-4-11(12)14(15,16)17/h2-5,8-9H,6-7H2,1H3,(H,19,20). The molecule has 112 valence electrons. The first-order valence-electron chi connectivity index (χ1n) is 6.28. The van der Waals surface area contributed by atoms with Crippen LogP contribution in [0, 0.1) is 6.92 Å². The van der Waals surface area contributed by atoms with E-state index >= 15 is 0 Å². The number of nitrogens with zero attached hydrogens (tertiary/aromatic N) is 2. The van der Waals surface area contributed by atoms with Crippen molar-refractivity contribution in [1.29, 1.82) is 0 Å². The quantitative estimate of drug-likeness (QED) is 0.860. The van der Waals surface area contributed by atoms with Crippen LogP contribution in [-0.2, 0) is 6.18 Å². The van der Waals surface area contributed by atoms with Crippen LogP contribution in [0.15, 0.2) is 36.7 Å². The topological polar surface area (TPSA) is 47.0 Å². The van der Waals surface area contributed by atoms with E-state index in [1.165, 1.54) is 24.4 Å². The van der Waals surface area contributed by atoms with E-state index in [-0.39, 0.29) is 12.4 Å². The predicted octanol–water partition coefficient (Wildman–Crippen LogP) is 3.29. The molecule has 1 aromatic heterocycles. The second-order valence-electron chi connectivity index (χ2n) is 4.31. The van der Waals surface area contributed by atoms with Crippen molar-refractivity contribution >= 4 is 5.82 Å². The number of ether oxygens (including phenoxy) is 1. The molecule has 0 aliphatic carbocycles. The molecule has 0 unspecified atom stereocenters. The lowest BCUT2D eigenvalue weighted by Crippen LogP contribution is -2.15. The molecular weight excluding hydrogens is 283 g/mol. The molecule has 0 saturated carbocycles. The number of nitrogens with one attached hydrogen (secondary N) is 1. The molecule has 0 aliphatic heterocycles. The second-order valence-corrected chi connectivity index (χ2v) is 4.31. The Balaban J connectivity index is 1.90. The Morgan fingerprint density at radius 3 is 2.67 bits per heavy atom. The van der Waals surface area contributed by atoms with E-state index in [0.717, 1.165) is 11.8 Å². The summed E-state index contributed by atoms with van der Waals surface area (Å²) < 4.78 is 43.4. The molecule has 2 rings (SSSR count). The molecule has 0 aliphatic rings. The number of benzene rings is 1. The highest BCUT2D eigenvalue weighted by atomic mass is 19.4. The van der Waals surface area contributed by atoms with Crippen LogP contribution in [0.25, 0.3) is 0 Å².